The van der Waals surface area contributed by atoms with Gasteiger partial charge in [-0.2, -0.15) is 0 Å². The summed E-state index contributed by atoms with van der Waals surface area (Å²) in [6, 6.07) is 6.13. The van der Waals surface area contributed by atoms with Gasteiger partial charge in [0.15, 0.2) is 9.84 Å². The maximum absolute atomic E-state index is 12.4. The van der Waals surface area contributed by atoms with Gasteiger partial charge in [0, 0.05) is 6.04 Å². The number of para-hydroxylation sites is 1. The van der Waals surface area contributed by atoms with Crippen LogP contribution in [-0.4, -0.2) is 25.6 Å². The summed E-state index contributed by atoms with van der Waals surface area (Å²) in [5, 5.41) is 1.56. The Labute approximate surface area is 120 Å². The van der Waals surface area contributed by atoms with Crippen molar-refractivity contribution in [2.24, 2.45) is 0 Å². The highest BCUT2D eigenvalue weighted by Crippen LogP contribution is 2.22. The van der Waals surface area contributed by atoms with Crippen LogP contribution in [0.4, 0.5) is 5.69 Å². The fourth-order valence-electron chi connectivity index (χ4n) is 1.94. The van der Waals surface area contributed by atoms with E-state index in [9.17, 15) is 13.2 Å². The van der Waals surface area contributed by atoms with Gasteiger partial charge < -0.3 is 11.1 Å². The van der Waals surface area contributed by atoms with E-state index >= 15 is 0 Å². The molecule has 2 unspecified atom stereocenters. The van der Waals surface area contributed by atoms with Crippen molar-refractivity contribution in [3.63, 3.8) is 0 Å². The Hall–Kier alpha value is -1.56. The number of nitrogen functional groups attached to an aromatic ring is 1. The molecule has 0 aliphatic rings. The van der Waals surface area contributed by atoms with Crippen molar-refractivity contribution in [2.45, 2.75) is 49.8 Å². The number of nitrogens with two attached hydrogens (primary N) is 1. The summed E-state index contributed by atoms with van der Waals surface area (Å²) in [6.07, 6.45) is 1.74. The van der Waals surface area contributed by atoms with Crippen molar-refractivity contribution in [1.82, 2.24) is 5.32 Å². The van der Waals surface area contributed by atoms with Crippen molar-refractivity contribution >= 4 is 21.4 Å². The smallest absolute Gasteiger partial charge is 0.238 e. The lowest BCUT2D eigenvalue weighted by molar-refractivity contribution is -0.121. The average molecular weight is 298 g/mol. The van der Waals surface area contributed by atoms with Crippen molar-refractivity contribution in [1.29, 1.82) is 0 Å². The molecule has 0 bridgehead atoms. The van der Waals surface area contributed by atoms with E-state index in [1.54, 1.807) is 12.1 Å². The number of hydrogen-bond donors (Lipinski definition) is 2. The zero-order chi connectivity index (χ0) is 15.3. The third-order valence-electron chi connectivity index (χ3n) is 3.17. The van der Waals surface area contributed by atoms with Crippen molar-refractivity contribution in [3.8, 4) is 0 Å². The van der Waals surface area contributed by atoms with Crippen LogP contribution in [0.25, 0.3) is 0 Å². The zero-order valence-corrected chi connectivity index (χ0v) is 12.9. The molecule has 0 saturated carbocycles. The van der Waals surface area contributed by atoms with E-state index in [4.69, 9.17) is 5.73 Å². The molecule has 0 aliphatic heterocycles. The van der Waals surface area contributed by atoms with Crippen LogP contribution in [0.1, 0.15) is 33.6 Å². The number of hydrogen-bond acceptors (Lipinski definition) is 4. The van der Waals surface area contributed by atoms with Crippen LogP contribution in [0.3, 0.4) is 0 Å². The Morgan fingerprint density at radius 3 is 2.45 bits per heavy atom. The first kappa shape index (κ1) is 16.5. The predicted molar refractivity (Wildman–Crippen MR) is 80.0 cm³/mol. The molecule has 0 saturated heterocycles. The second kappa shape index (κ2) is 6.74. The maximum Gasteiger partial charge on any atom is 0.238 e. The zero-order valence-electron chi connectivity index (χ0n) is 12.1. The number of sulfone groups is 1. The standard InChI is InChI=1S/C14H22N2O3S/c1-4-7-10(2)16-14(17)11(3)20(18,19)13-9-6-5-8-12(13)15/h5-6,8-11H,4,7,15H2,1-3H3,(H,16,17). The fraction of sp³-hybridized carbons (Fsp3) is 0.500. The predicted octanol–water partition coefficient (Wildman–Crippen LogP) is 1.74. The molecule has 112 valence electrons. The second-order valence-corrected chi connectivity index (χ2v) is 7.16. The van der Waals surface area contributed by atoms with Gasteiger partial charge in [-0.1, -0.05) is 25.5 Å². The summed E-state index contributed by atoms with van der Waals surface area (Å²) in [7, 11) is -3.77. The molecule has 0 aromatic heterocycles. The minimum absolute atomic E-state index is 0.00537. The molecule has 1 amide bonds. The topological polar surface area (TPSA) is 89.3 Å². The number of anilines is 1. The number of carbonyl (C=O) groups is 1. The Balaban J connectivity index is 2.93. The summed E-state index contributed by atoms with van der Waals surface area (Å²) in [6.45, 7) is 5.25. The molecule has 1 aromatic rings. The molecule has 5 nitrogen and oxygen atoms in total. The van der Waals surface area contributed by atoms with Crippen LogP contribution in [0.5, 0.6) is 0 Å². The first-order valence-corrected chi connectivity index (χ1v) is 8.24. The van der Waals surface area contributed by atoms with Crippen LogP contribution in [0, 0.1) is 0 Å². The first-order valence-electron chi connectivity index (χ1n) is 6.69. The van der Waals surface area contributed by atoms with Gasteiger partial charge in [-0.3, -0.25) is 4.79 Å². The molecule has 0 heterocycles. The first-order chi connectivity index (χ1) is 9.30. The molecule has 1 aromatic carbocycles. The summed E-state index contributed by atoms with van der Waals surface area (Å²) in [5.74, 6) is -0.491. The normalized spacial score (nSPS) is 14.6. The Morgan fingerprint density at radius 2 is 1.90 bits per heavy atom. The number of nitrogens with one attached hydrogen (secondary N) is 1. The van der Waals surface area contributed by atoms with Gasteiger partial charge in [0.05, 0.1) is 10.6 Å². The van der Waals surface area contributed by atoms with E-state index in [0.29, 0.717) is 0 Å². The van der Waals surface area contributed by atoms with Gasteiger partial charge in [-0.15, -0.1) is 0 Å². The van der Waals surface area contributed by atoms with E-state index in [1.807, 2.05) is 13.8 Å². The lowest BCUT2D eigenvalue weighted by atomic mass is 10.2. The Bertz CT molecular complexity index is 570. The van der Waals surface area contributed by atoms with E-state index in [-0.39, 0.29) is 16.6 Å². The molecule has 2 atom stereocenters. The van der Waals surface area contributed by atoms with Crippen LogP contribution in [0.2, 0.25) is 0 Å². The molecule has 1 rings (SSSR count). The van der Waals surface area contributed by atoms with Gasteiger partial charge in [0.25, 0.3) is 0 Å². The SMILES string of the molecule is CCCC(C)NC(=O)C(C)S(=O)(=O)c1ccccc1N. The van der Waals surface area contributed by atoms with E-state index < -0.39 is 21.0 Å². The number of carbonyl (C=O) groups excluding carboxylic acids is 1. The number of amides is 1. The third-order valence-corrected chi connectivity index (χ3v) is 5.30. The lowest BCUT2D eigenvalue weighted by Crippen LogP contribution is -2.42. The molecule has 0 aliphatic carbocycles. The van der Waals surface area contributed by atoms with Gasteiger partial charge >= 0.3 is 0 Å². The van der Waals surface area contributed by atoms with E-state index in [1.165, 1.54) is 19.1 Å². The van der Waals surface area contributed by atoms with E-state index in [0.717, 1.165) is 12.8 Å². The monoisotopic (exact) mass is 298 g/mol. The van der Waals surface area contributed by atoms with Crippen molar-refractivity contribution in [2.75, 3.05) is 5.73 Å². The minimum Gasteiger partial charge on any atom is -0.398 e. The summed E-state index contributed by atoms with van der Waals surface area (Å²) in [4.78, 5) is 12.0. The maximum atomic E-state index is 12.4. The summed E-state index contributed by atoms with van der Waals surface area (Å²) < 4.78 is 24.8. The average Bonchev–Trinajstić information content (AvgIpc) is 2.38. The molecule has 0 fully saturated rings. The van der Waals surface area contributed by atoms with Crippen LogP contribution < -0.4 is 11.1 Å². The van der Waals surface area contributed by atoms with Gasteiger partial charge in [-0.05, 0) is 32.4 Å². The number of rotatable bonds is 6. The quantitative estimate of drug-likeness (QED) is 0.783. The van der Waals surface area contributed by atoms with Gasteiger partial charge in [-0.25, -0.2) is 8.42 Å². The molecule has 20 heavy (non-hydrogen) atoms. The Morgan fingerprint density at radius 1 is 1.30 bits per heavy atom. The van der Waals surface area contributed by atoms with Crippen molar-refractivity contribution in [3.05, 3.63) is 24.3 Å². The van der Waals surface area contributed by atoms with Crippen molar-refractivity contribution < 1.29 is 13.2 Å². The van der Waals surface area contributed by atoms with Gasteiger partial charge in [0.1, 0.15) is 5.25 Å². The highest BCUT2D eigenvalue weighted by Gasteiger charge is 2.31. The Kier molecular flexibility index (Phi) is 5.56. The molecule has 0 spiro atoms. The molecule has 3 N–H and O–H groups in total. The number of benzene rings is 1. The minimum atomic E-state index is -3.77. The lowest BCUT2D eigenvalue weighted by Gasteiger charge is -2.18. The third kappa shape index (κ3) is 3.72. The molecule has 0 radical (unpaired) electrons. The molecular formula is C14H22N2O3S. The second-order valence-electron chi connectivity index (χ2n) is 4.92. The highest BCUT2D eigenvalue weighted by atomic mass is 32.2. The fourth-order valence-corrected chi connectivity index (χ4v) is 3.33. The van der Waals surface area contributed by atoms with Gasteiger partial charge in [0.2, 0.25) is 5.91 Å². The molecule has 6 heteroatoms. The van der Waals surface area contributed by atoms with Crippen LogP contribution in [0.15, 0.2) is 29.2 Å². The summed E-state index contributed by atoms with van der Waals surface area (Å²) >= 11 is 0. The summed E-state index contributed by atoms with van der Waals surface area (Å²) in [5.41, 5.74) is 5.84. The molecular weight excluding hydrogens is 276 g/mol. The largest absolute Gasteiger partial charge is 0.398 e. The van der Waals surface area contributed by atoms with E-state index in [2.05, 4.69) is 5.32 Å². The highest BCUT2D eigenvalue weighted by molar-refractivity contribution is 7.93. The van der Waals surface area contributed by atoms with Crippen LogP contribution in [-0.2, 0) is 14.6 Å². The van der Waals surface area contributed by atoms with Crippen LogP contribution >= 0.6 is 0 Å².